The fourth-order valence-electron chi connectivity index (χ4n) is 6.05. The van der Waals surface area contributed by atoms with Crippen molar-refractivity contribution in [1.29, 1.82) is 0 Å². The molecule has 3 aliphatic heterocycles. The topological polar surface area (TPSA) is 115 Å². The molecule has 2 saturated heterocycles. The largest absolute Gasteiger partial charge is 0.474 e. The van der Waals surface area contributed by atoms with Gasteiger partial charge in [0.25, 0.3) is 0 Å². The molecule has 9 nitrogen and oxygen atoms in total. The fraction of sp³-hybridized carbons (Fsp3) is 0.375. The number of hydrogen-bond donors (Lipinski definition) is 3. The van der Waals surface area contributed by atoms with Crippen molar-refractivity contribution >= 4 is 34.1 Å². The van der Waals surface area contributed by atoms with Gasteiger partial charge in [-0.2, -0.15) is 0 Å². The summed E-state index contributed by atoms with van der Waals surface area (Å²) in [5.74, 6) is 1.22. The molecule has 1 amide bonds. The zero-order chi connectivity index (χ0) is 23.4. The number of nitrogens with zero attached hydrogens (tertiary/aromatic N) is 3. The number of likely N-dealkylation sites (N-methyl/N-ethyl adjacent to an activating group) is 1. The molecule has 2 saturated carbocycles. The van der Waals surface area contributed by atoms with Crippen LogP contribution in [-0.4, -0.2) is 59.3 Å². The van der Waals surface area contributed by atoms with Gasteiger partial charge in [0.05, 0.1) is 11.7 Å². The molecule has 4 fully saturated rings. The third kappa shape index (κ3) is 2.48. The van der Waals surface area contributed by atoms with Gasteiger partial charge < -0.3 is 20.5 Å². The predicted octanol–water partition coefficient (Wildman–Crippen LogP) is 2.99. The summed E-state index contributed by atoms with van der Waals surface area (Å²) in [7, 11) is 2.06. The first kappa shape index (κ1) is 19.8. The maximum absolute atomic E-state index is 15.3. The number of nitrogens with two attached hydrogens (primary N) is 1. The van der Waals surface area contributed by atoms with Crippen LogP contribution in [0.5, 0.6) is 5.88 Å². The maximum atomic E-state index is 15.3. The molecular formula is C24H23FN6O3. The Labute approximate surface area is 194 Å². The first-order valence-corrected chi connectivity index (χ1v) is 11.3. The van der Waals surface area contributed by atoms with Gasteiger partial charge in [-0.25, -0.2) is 19.2 Å². The molecular weight excluding hydrogens is 439 g/mol. The average Bonchev–Trinajstić information content (AvgIpc) is 3.54. The van der Waals surface area contributed by atoms with Crippen LogP contribution in [0.3, 0.4) is 0 Å². The highest BCUT2D eigenvalue weighted by Crippen LogP contribution is 2.80. The zero-order valence-electron chi connectivity index (χ0n) is 18.7. The van der Waals surface area contributed by atoms with E-state index in [9.17, 15) is 4.79 Å². The number of benzene rings is 1. The van der Waals surface area contributed by atoms with Crippen molar-refractivity contribution in [3.05, 3.63) is 35.9 Å². The number of rotatable bonds is 3. The first-order valence-electron chi connectivity index (χ1n) is 11.3. The van der Waals surface area contributed by atoms with Crippen LogP contribution in [0.2, 0.25) is 0 Å². The van der Waals surface area contributed by atoms with Gasteiger partial charge in [-0.05, 0) is 37.1 Å². The molecule has 2 aliphatic carbocycles. The number of piperidine rings is 1. The predicted molar refractivity (Wildman–Crippen MR) is 124 cm³/mol. The number of aromatic nitrogens is 2. The molecule has 34 heavy (non-hydrogen) atoms. The van der Waals surface area contributed by atoms with Crippen molar-refractivity contribution in [2.24, 2.45) is 11.8 Å². The van der Waals surface area contributed by atoms with Crippen LogP contribution < -0.4 is 21.1 Å². The number of ether oxygens (including phenoxy) is 2. The molecule has 0 spiro atoms. The van der Waals surface area contributed by atoms with Crippen LogP contribution in [0, 0.1) is 24.6 Å². The number of nitrogen functional groups attached to an aromatic ring is 1. The van der Waals surface area contributed by atoms with Gasteiger partial charge in [-0.3, -0.25) is 10.2 Å². The summed E-state index contributed by atoms with van der Waals surface area (Å²) in [6.45, 7) is 4.04. The van der Waals surface area contributed by atoms with E-state index >= 15 is 4.39 Å². The Bertz CT molecular complexity index is 1410. The van der Waals surface area contributed by atoms with Crippen molar-refractivity contribution < 1.29 is 18.7 Å². The van der Waals surface area contributed by atoms with E-state index in [0.717, 1.165) is 17.8 Å². The molecule has 2 aromatic heterocycles. The number of hydrogen-bond acceptors (Lipinski definition) is 8. The minimum Gasteiger partial charge on any atom is -0.474 e. The Kier molecular flexibility index (Phi) is 3.76. The summed E-state index contributed by atoms with van der Waals surface area (Å²) in [5, 5.41) is 7.10. The summed E-state index contributed by atoms with van der Waals surface area (Å²) in [4.78, 5) is 23.4. The van der Waals surface area contributed by atoms with E-state index < -0.39 is 11.9 Å². The summed E-state index contributed by atoms with van der Waals surface area (Å²) in [6, 6.07) is 3.73. The van der Waals surface area contributed by atoms with Gasteiger partial charge in [0.1, 0.15) is 23.7 Å². The Morgan fingerprint density at radius 2 is 2.21 bits per heavy atom. The number of nitrogens with one attached hydrogen (secondary N) is 2. The van der Waals surface area contributed by atoms with Crippen molar-refractivity contribution in [3.8, 4) is 17.0 Å². The van der Waals surface area contributed by atoms with Gasteiger partial charge in [-0.1, -0.05) is 0 Å². The first-order chi connectivity index (χ1) is 16.4. The molecule has 10 heteroatoms. The molecule has 4 N–H and O–H groups in total. The second-order valence-electron chi connectivity index (χ2n) is 9.58. The second kappa shape index (κ2) is 6.47. The summed E-state index contributed by atoms with van der Waals surface area (Å²) in [6.07, 6.45) is 2.54. The van der Waals surface area contributed by atoms with E-state index in [4.69, 9.17) is 15.2 Å². The smallest absolute Gasteiger partial charge is 0.413 e. The average molecular weight is 462 g/mol. The lowest BCUT2D eigenvalue weighted by molar-refractivity contribution is 0.113. The van der Waals surface area contributed by atoms with E-state index in [1.54, 1.807) is 18.3 Å². The van der Waals surface area contributed by atoms with Crippen LogP contribution in [0.25, 0.3) is 21.9 Å². The van der Waals surface area contributed by atoms with Crippen molar-refractivity contribution in [2.45, 2.75) is 18.6 Å². The van der Waals surface area contributed by atoms with E-state index in [-0.39, 0.29) is 11.3 Å². The molecule has 5 aliphatic rings. The Hall–Kier alpha value is -3.66. The Morgan fingerprint density at radius 3 is 2.97 bits per heavy atom. The van der Waals surface area contributed by atoms with Crippen molar-refractivity contribution in [3.63, 3.8) is 0 Å². The second-order valence-corrected chi connectivity index (χ2v) is 9.58. The number of fused-ring (bicyclic) bond motifs is 3. The van der Waals surface area contributed by atoms with Gasteiger partial charge in [0.15, 0.2) is 5.82 Å². The number of halogens is 1. The molecule has 5 heterocycles. The number of amides is 1. The third-order valence-electron chi connectivity index (χ3n) is 7.81. The maximum Gasteiger partial charge on any atom is 0.413 e. The van der Waals surface area contributed by atoms with Crippen LogP contribution >= 0.6 is 0 Å². The Morgan fingerprint density at radius 1 is 1.35 bits per heavy atom. The molecule has 1 unspecified atom stereocenters. The monoisotopic (exact) mass is 462 g/mol. The highest BCUT2D eigenvalue weighted by molar-refractivity contribution is 5.99. The van der Waals surface area contributed by atoms with Crippen LogP contribution in [0.1, 0.15) is 5.56 Å². The molecule has 3 aromatic rings. The number of anilines is 3. The molecule has 2 bridgehead atoms. The van der Waals surface area contributed by atoms with Crippen molar-refractivity contribution in [2.75, 3.05) is 43.1 Å². The van der Waals surface area contributed by atoms with E-state index in [1.165, 1.54) is 6.20 Å². The lowest BCUT2D eigenvalue weighted by atomic mass is 9.97. The highest BCUT2D eigenvalue weighted by atomic mass is 19.1. The molecule has 174 valence electrons. The lowest BCUT2D eigenvalue weighted by Gasteiger charge is -2.22. The Balaban J connectivity index is 1.21. The minimum atomic E-state index is -0.539. The number of carbonyl (C=O) groups is 1. The number of carbonyl (C=O) groups excluding carboxylic acids is 1. The van der Waals surface area contributed by atoms with Crippen LogP contribution in [-0.2, 0) is 4.74 Å². The van der Waals surface area contributed by atoms with E-state index in [2.05, 4.69) is 32.5 Å². The summed E-state index contributed by atoms with van der Waals surface area (Å²) in [5.41, 5.74) is 8.35. The lowest BCUT2D eigenvalue weighted by Crippen LogP contribution is -2.26. The van der Waals surface area contributed by atoms with E-state index in [1.807, 2.05) is 6.92 Å². The van der Waals surface area contributed by atoms with Gasteiger partial charge in [-0.15, -0.1) is 0 Å². The zero-order valence-corrected chi connectivity index (χ0v) is 18.7. The van der Waals surface area contributed by atoms with E-state index in [0.29, 0.717) is 64.6 Å². The van der Waals surface area contributed by atoms with Gasteiger partial charge in [0, 0.05) is 53.8 Å². The van der Waals surface area contributed by atoms with Gasteiger partial charge in [0.2, 0.25) is 5.88 Å². The van der Waals surface area contributed by atoms with Crippen molar-refractivity contribution in [1.82, 2.24) is 14.9 Å². The molecule has 8 rings (SSSR count). The molecule has 0 radical (unpaired) electrons. The summed E-state index contributed by atoms with van der Waals surface area (Å²) >= 11 is 0. The quantitative estimate of drug-likeness (QED) is 0.509. The van der Waals surface area contributed by atoms with Crippen LogP contribution in [0.4, 0.5) is 26.4 Å². The standard InChI is InChI=1S/C24H23FN6O3/c1-10-13(7-29-22-20(10)27-3-4-33-22)12-5-11-6-16(28-8-14(11)19(26)18(12)25)30-23(32)34-24-15-9-31(2)21(24)17(15)24/h5-8,15,17,21,27H,3-4,9,26H2,1-2H3,(H,28,30,32)/t15-,17-,21?,24-/m1/s1. The minimum absolute atomic E-state index is 0.00670. The highest BCUT2D eigenvalue weighted by Gasteiger charge is 2.95. The number of pyridine rings is 2. The normalized spacial score (nSPS) is 27.9. The third-order valence-corrected chi connectivity index (χ3v) is 7.81. The summed E-state index contributed by atoms with van der Waals surface area (Å²) < 4.78 is 26.7. The van der Waals surface area contributed by atoms with Crippen LogP contribution in [0.15, 0.2) is 24.5 Å². The fourth-order valence-corrected chi connectivity index (χ4v) is 6.05. The molecule has 4 atom stereocenters. The SMILES string of the molecule is Cc1c(-c2cc3cc(NC(=O)O[C@@]45C6[C@H]4[C@H]5CN6C)ncc3c(N)c2F)cnc2c1NCCO2. The van der Waals surface area contributed by atoms with Gasteiger partial charge >= 0.3 is 6.09 Å². The molecule has 1 aromatic carbocycles.